The maximum Gasteiger partial charge on any atom is 0.283 e. The predicted octanol–water partition coefficient (Wildman–Crippen LogP) is 6.85. The number of fused-ring (bicyclic) bond motifs is 2. The van der Waals surface area contributed by atoms with Gasteiger partial charge in [0.1, 0.15) is 17.4 Å². The average Bonchev–Trinajstić information content (AvgIpc) is 3.48. The number of hydrazone groups is 1. The molecule has 1 aromatic heterocycles. The minimum absolute atomic E-state index is 0.0953. The highest BCUT2D eigenvalue weighted by molar-refractivity contribution is 8.27. The van der Waals surface area contributed by atoms with Gasteiger partial charge in [0.25, 0.3) is 5.91 Å². The lowest BCUT2D eigenvalue weighted by Crippen LogP contribution is -2.35. The predicted molar refractivity (Wildman–Crippen MR) is 160 cm³/mol. The third-order valence-electron chi connectivity index (χ3n) is 7.96. The summed E-state index contributed by atoms with van der Waals surface area (Å²) >= 11 is 1.45. The molecule has 1 N–H and O–H groups in total. The van der Waals surface area contributed by atoms with Crippen LogP contribution in [0.1, 0.15) is 54.5 Å². The number of aliphatic imine (C=N–C) groups is 1. The highest BCUT2D eigenvalue weighted by atomic mass is 32.2. The maximum absolute atomic E-state index is 13.2. The van der Waals surface area contributed by atoms with Gasteiger partial charge < -0.3 is 9.30 Å². The van der Waals surface area contributed by atoms with Crippen LogP contribution in [0.3, 0.4) is 0 Å². The lowest BCUT2D eigenvalue weighted by molar-refractivity contribution is -0.114. The zero-order chi connectivity index (χ0) is 27.1. The number of thioether (sulfide) groups is 1. The Morgan fingerprint density at radius 2 is 1.79 bits per heavy atom. The van der Waals surface area contributed by atoms with Gasteiger partial charge in [0, 0.05) is 28.1 Å². The van der Waals surface area contributed by atoms with Gasteiger partial charge in [-0.1, -0.05) is 55.7 Å². The van der Waals surface area contributed by atoms with E-state index in [0.29, 0.717) is 24.2 Å². The number of benzene rings is 2. The Morgan fingerprint density at radius 1 is 1.05 bits per heavy atom. The van der Waals surface area contributed by atoms with Crippen LogP contribution < -0.4 is 4.74 Å². The molecule has 1 saturated carbocycles. The number of para-hydroxylation sites is 2. The van der Waals surface area contributed by atoms with Crippen LogP contribution in [0.15, 0.2) is 58.1 Å². The number of rotatable bonds is 6. The molecule has 6 rings (SSSR count). The Balaban J connectivity index is 1.30. The van der Waals surface area contributed by atoms with Gasteiger partial charge in [0.15, 0.2) is 5.84 Å². The summed E-state index contributed by atoms with van der Waals surface area (Å²) < 4.78 is 8.44. The fraction of sp³-hybridized carbons (Fsp3) is 0.355. The maximum atomic E-state index is 13.2. The Bertz CT molecular complexity index is 1550. The number of hydrogen-bond donors (Lipinski definition) is 1. The van der Waals surface area contributed by atoms with E-state index in [0.717, 1.165) is 56.9 Å². The highest BCUT2D eigenvalue weighted by Crippen LogP contribution is 2.37. The number of amidine groups is 2. The highest BCUT2D eigenvalue weighted by Gasteiger charge is 2.38. The molecule has 7 nitrogen and oxygen atoms in total. The number of ether oxygens (including phenoxy) is 1. The molecule has 0 radical (unpaired) electrons. The van der Waals surface area contributed by atoms with Gasteiger partial charge in [0.05, 0.1) is 12.1 Å². The Morgan fingerprint density at radius 3 is 2.56 bits per heavy atom. The first-order chi connectivity index (χ1) is 18.9. The molecular formula is C31H33N5O2S. The molecule has 1 amide bonds. The first-order valence-electron chi connectivity index (χ1n) is 13.7. The number of carbonyl (C=O) groups is 1. The second-order valence-corrected chi connectivity index (χ2v) is 11.5. The second kappa shape index (κ2) is 10.5. The molecule has 0 bridgehead atoms. The largest absolute Gasteiger partial charge is 0.491 e. The summed E-state index contributed by atoms with van der Waals surface area (Å²) in [5.74, 6) is 1.05. The monoisotopic (exact) mass is 539 g/mol. The molecule has 0 atom stereocenters. The molecule has 0 saturated heterocycles. The fourth-order valence-electron chi connectivity index (χ4n) is 5.86. The summed E-state index contributed by atoms with van der Waals surface area (Å²) in [7, 11) is 0. The normalized spacial score (nSPS) is 19.1. The number of nitrogens with one attached hydrogen (secondary N) is 1. The van der Waals surface area contributed by atoms with Crippen LogP contribution in [0.4, 0.5) is 0 Å². The van der Waals surface area contributed by atoms with Crippen molar-refractivity contribution in [2.24, 2.45) is 16.0 Å². The van der Waals surface area contributed by atoms with E-state index in [2.05, 4.69) is 54.6 Å². The second-order valence-electron chi connectivity index (χ2n) is 10.5. The molecule has 2 aliphatic heterocycles. The third-order valence-corrected chi connectivity index (χ3v) is 9.03. The van der Waals surface area contributed by atoms with Crippen molar-refractivity contribution in [1.82, 2.24) is 9.58 Å². The van der Waals surface area contributed by atoms with E-state index in [-0.39, 0.29) is 17.3 Å². The van der Waals surface area contributed by atoms with Crippen molar-refractivity contribution in [3.8, 4) is 5.75 Å². The number of hydrogen-bond acceptors (Lipinski definition) is 5. The summed E-state index contributed by atoms with van der Waals surface area (Å²) in [6, 6.07) is 14.3. The van der Waals surface area contributed by atoms with Gasteiger partial charge in [-0.15, -0.1) is 0 Å². The van der Waals surface area contributed by atoms with Gasteiger partial charge >= 0.3 is 0 Å². The van der Waals surface area contributed by atoms with E-state index >= 15 is 0 Å². The van der Waals surface area contributed by atoms with Crippen molar-refractivity contribution in [3.05, 3.63) is 70.4 Å². The van der Waals surface area contributed by atoms with Crippen molar-refractivity contribution in [1.29, 1.82) is 5.41 Å². The number of carbonyl (C=O) groups excluding carboxylic acids is 1. The zero-order valence-corrected chi connectivity index (χ0v) is 23.5. The number of nitrogens with zero attached hydrogens (tertiary/aromatic N) is 4. The van der Waals surface area contributed by atoms with E-state index in [1.165, 1.54) is 31.0 Å². The van der Waals surface area contributed by atoms with Crippen LogP contribution in [0, 0.1) is 32.1 Å². The molecular weight excluding hydrogens is 506 g/mol. The lowest BCUT2D eigenvalue weighted by Gasteiger charge is -2.20. The molecule has 8 heteroatoms. The van der Waals surface area contributed by atoms with Gasteiger partial charge in [-0.05, 0) is 68.6 Å². The summed E-state index contributed by atoms with van der Waals surface area (Å²) in [6.07, 6.45) is 7.73. The molecule has 3 heterocycles. The summed E-state index contributed by atoms with van der Waals surface area (Å²) in [6.45, 7) is 7.37. The van der Waals surface area contributed by atoms with Crippen LogP contribution in [-0.2, 0) is 11.3 Å². The summed E-state index contributed by atoms with van der Waals surface area (Å²) in [5, 5.41) is 17.7. The molecule has 39 heavy (non-hydrogen) atoms. The standard InChI is InChI=1S/C31H33N5O2S/c1-19-10-9-11-20(2)27(19)38-17-16-35-21(3)24(23-14-7-8-15-26(23)35)18-25-28(32)36-31(33-29(25)37)39-30(34-36)22-12-5-4-6-13-22/h7-11,14-15,18,22,32H,4-6,12-13,16-17H2,1-3H3/b25-18-,32-28?. The number of aryl methyl sites for hydroxylation is 2. The first-order valence-corrected chi connectivity index (χ1v) is 14.5. The zero-order valence-electron chi connectivity index (χ0n) is 22.7. The molecule has 200 valence electrons. The summed E-state index contributed by atoms with van der Waals surface area (Å²) in [5.41, 5.74) is 5.53. The first kappa shape index (κ1) is 25.6. The van der Waals surface area contributed by atoms with Gasteiger partial charge in [0.2, 0.25) is 5.17 Å². The van der Waals surface area contributed by atoms with Crippen molar-refractivity contribution < 1.29 is 9.53 Å². The minimum Gasteiger partial charge on any atom is -0.491 e. The number of aromatic nitrogens is 1. The van der Waals surface area contributed by atoms with Crippen LogP contribution >= 0.6 is 11.8 Å². The topological polar surface area (TPSA) is 83.0 Å². The SMILES string of the molecule is Cc1cccc(C)c1OCCn1c(C)c(/C=C2/C(=N)N3N=C(C4CCCCC4)SC3=NC2=O)c2ccccc21. The Kier molecular flexibility index (Phi) is 6.89. The van der Waals surface area contributed by atoms with Crippen LogP contribution in [0.5, 0.6) is 5.75 Å². The van der Waals surface area contributed by atoms with E-state index in [9.17, 15) is 4.79 Å². The smallest absolute Gasteiger partial charge is 0.283 e. The van der Waals surface area contributed by atoms with E-state index < -0.39 is 0 Å². The van der Waals surface area contributed by atoms with E-state index in [1.54, 1.807) is 5.01 Å². The lowest BCUT2D eigenvalue weighted by atomic mass is 9.90. The van der Waals surface area contributed by atoms with Crippen molar-refractivity contribution in [2.45, 2.75) is 59.4 Å². The Hall–Kier alpha value is -3.65. The molecule has 0 spiro atoms. The molecule has 2 aromatic carbocycles. The van der Waals surface area contributed by atoms with E-state index in [4.69, 9.17) is 15.2 Å². The molecule has 1 fully saturated rings. The molecule has 3 aliphatic rings. The van der Waals surface area contributed by atoms with Gasteiger partial charge in [-0.2, -0.15) is 15.1 Å². The molecule has 3 aromatic rings. The van der Waals surface area contributed by atoms with Crippen molar-refractivity contribution >= 4 is 50.7 Å². The summed E-state index contributed by atoms with van der Waals surface area (Å²) in [4.78, 5) is 17.5. The minimum atomic E-state index is -0.381. The van der Waals surface area contributed by atoms with Gasteiger partial charge in [-0.25, -0.2) is 0 Å². The van der Waals surface area contributed by atoms with Crippen molar-refractivity contribution in [2.75, 3.05) is 6.61 Å². The van der Waals surface area contributed by atoms with Crippen LogP contribution in [0.2, 0.25) is 0 Å². The number of amides is 1. The quantitative estimate of drug-likeness (QED) is 0.348. The van der Waals surface area contributed by atoms with E-state index in [1.807, 2.05) is 24.3 Å². The molecule has 0 unspecified atom stereocenters. The molecule has 1 aliphatic carbocycles. The third kappa shape index (κ3) is 4.71. The van der Waals surface area contributed by atoms with Crippen LogP contribution in [0.25, 0.3) is 17.0 Å². The van der Waals surface area contributed by atoms with Crippen molar-refractivity contribution in [3.63, 3.8) is 0 Å². The van der Waals surface area contributed by atoms with Gasteiger partial charge in [-0.3, -0.25) is 10.2 Å². The fourth-order valence-corrected chi connectivity index (χ4v) is 6.92. The van der Waals surface area contributed by atoms with Crippen LogP contribution in [-0.4, -0.2) is 38.1 Å². The Labute approximate surface area is 233 Å². The average molecular weight is 540 g/mol.